The van der Waals surface area contributed by atoms with Crippen molar-refractivity contribution in [3.8, 4) is 0 Å². The molecule has 1 aliphatic heterocycles. The van der Waals surface area contributed by atoms with Gasteiger partial charge in [-0.25, -0.2) is 4.99 Å². The number of rotatable bonds is 3. The summed E-state index contributed by atoms with van der Waals surface area (Å²) in [6, 6.07) is 10.5. The predicted octanol–water partition coefficient (Wildman–Crippen LogP) is 3.77. The van der Waals surface area contributed by atoms with E-state index in [2.05, 4.69) is 51.1 Å². The Labute approximate surface area is 126 Å². The van der Waals surface area contributed by atoms with Gasteiger partial charge < -0.3 is 9.47 Å². The second-order valence-electron chi connectivity index (χ2n) is 6.58. The van der Waals surface area contributed by atoms with Crippen LogP contribution in [0.5, 0.6) is 0 Å². The summed E-state index contributed by atoms with van der Waals surface area (Å²) in [7, 11) is 1.74. The summed E-state index contributed by atoms with van der Waals surface area (Å²) in [6.45, 7) is 7.08. The average Bonchev–Trinajstić information content (AvgIpc) is 2.99. The third kappa shape index (κ3) is 2.57. The fourth-order valence-electron chi connectivity index (χ4n) is 3.30. The van der Waals surface area contributed by atoms with E-state index in [9.17, 15) is 0 Å². The van der Waals surface area contributed by atoms with E-state index >= 15 is 0 Å². The lowest BCUT2D eigenvalue weighted by atomic mass is 9.84. The third-order valence-corrected chi connectivity index (χ3v) is 4.41. The summed E-state index contributed by atoms with van der Waals surface area (Å²) in [5.74, 6) is 2.69. The van der Waals surface area contributed by atoms with Gasteiger partial charge in [0.25, 0.3) is 0 Å². The minimum absolute atomic E-state index is 0.119. The molecule has 0 radical (unpaired) electrons. The minimum Gasteiger partial charge on any atom is -0.501 e. The smallest absolute Gasteiger partial charge is 0.188 e. The van der Waals surface area contributed by atoms with Crippen molar-refractivity contribution >= 4 is 5.90 Å². The van der Waals surface area contributed by atoms with Crippen LogP contribution in [-0.2, 0) is 9.47 Å². The summed E-state index contributed by atoms with van der Waals surface area (Å²) in [5, 5.41) is 0. The summed E-state index contributed by atoms with van der Waals surface area (Å²) in [5.41, 5.74) is 1.17. The Morgan fingerprint density at radius 2 is 1.95 bits per heavy atom. The van der Waals surface area contributed by atoms with Crippen molar-refractivity contribution in [3.63, 3.8) is 0 Å². The van der Waals surface area contributed by atoms with Crippen molar-refractivity contribution in [2.45, 2.75) is 32.2 Å². The lowest BCUT2D eigenvalue weighted by molar-refractivity contribution is 0.225. The molecular weight excluding hydrogens is 262 g/mol. The van der Waals surface area contributed by atoms with Gasteiger partial charge in [0.05, 0.1) is 24.3 Å². The number of aliphatic imine (C=N–C) groups is 1. The van der Waals surface area contributed by atoms with E-state index in [1.807, 2.05) is 6.07 Å². The highest BCUT2D eigenvalue weighted by molar-refractivity contribution is 5.83. The highest BCUT2D eigenvalue weighted by Gasteiger charge is 2.43. The molecule has 0 spiro atoms. The van der Waals surface area contributed by atoms with E-state index < -0.39 is 0 Å². The molecule has 112 valence electrons. The zero-order valence-corrected chi connectivity index (χ0v) is 13.2. The SMILES string of the molecule is COC1=C[C@@H](c2ccccc2)[C@@H](C2=NC(C)(C)CO2)[C@@H]1C. The monoisotopic (exact) mass is 285 g/mol. The molecule has 0 aromatic heterocycles. The van der Waals surface area contributed by atoms with Crippen molar-refractivity contribution in [2.75, 3.05) is 13.7 Å². The first-order chi connectivity index (χ1) is 10.0. The Morgan fingerprint density at radius 1 is 1.24 bits per heavy atom. The van der Waals surface area contributed by atoms with Gasteiger partial charge in [-0.05, 0) is 25.5 Å². The van der Waals surface area contributed by atoms with Crippen LogP contribution in [0.15, 0.2) is 47.2 Å². The molecule has 0 unspecified atom stereocenters. The van der Waals surface area contributed by atoms with Crippen LogP contribution in [-0.4, -0.2) is 25.2 Å². The first-order valence-electron chi connectivity index (χ1n) is 7.55. The number of nitrogens with zero attached hydrogens (tertiary/aromatic N) is 1. The molecule has 1 aliphatic carbocycles. The Balaban J connectivity index is 1.98. The Bertz CT molecular complexity index is 574. The van der Waals surface area contributed by atoms with Gasteiger partial charge in [-0.1, -0.05) is 37.3 Å². The van der Waals surface area contributed by atoms with Crippen LogP contribution >= 0.6 is 0 Å². The number of methoxy groups -OCH3 is 1. The molecular formula is C18H23NO2. The van der Waals surface area contributed by atoms with E-state index in [-0.39, 0.29) is 23.3 Å². The van der Waals surface area contributed by atoms with Crippen molar-refractivity contribution < 1.29 is 9.47 Å². The Morgan fingerprint density at radius 3 is 2.52 bits per heavy atom. The average molecular weight is 285 g/mol. The molecule has 3 rings (SSSR count). The molecule has 0 fully saturated rings. The molecule has 3 atom stereocenters. The Hall–Kier alpha value is -1.77. The highest BCUT2D eigenvalue weighted by Crippen LogP contribution is 2.44. The fourth-order valence-corrected chi connectivity index (χ4v) is 3.30. The second-order valence-corrected chi connectivity index (χ2v) is 6.58. The van der Waals surface area contributed by atoms with Crippen molar-refractivity contribution in [1.82, 2.24) is 0 Å². The van der Waals surface area contributed by atoms with Gasteiger partial charge in [0.15, 0.2) is 5.90 Å². The van der Waals surface area contributed by atoms with Crippen molar-refractivity contribution in [2.24, 2.45) is 16.8 Å². The second kappa shape index (κ2) is 5.21. The lowest BCUT2D eigenvalue weighted by Gasteiger charge is -2.23. The number of hydrogen-bond acceptors (Lipinski definition) is 3. The van der Waals surface area contributed by atoms with Crippen LogP contribution < -0.4 is 0 Å². The highest BCUT2D eigenvalue weighted by atomic mass is 16.5. The van der Waals surface area contributed by atoms with Crippen LogP contribution in [0.3, 0.4) is 0 Å². The van der Waals surface area contributed by atoms with Gasteiger partial charge in [0, 0.05) is 11.8 Å². The maximum absolute atomic E-state index is 5.93. The van der Waals surface area contributed by atoms with E-state index in [0.29, 0.717) is 6.61 Å². The van der Waals surface area contributed by atoms with Gasteiger partial charge in [0.1, 0.15) is 6.61 Å². The largest absolute Gasteiger partial charge is 0.501 e. The van der Waals surface area contributed by atoms with Crippen molar-refractivity contribution in [3.05, 3.63) is 47.7 Å². The summed E-state index contributed by atoms with van der Waals surface area (Å²) in [4.78, 5) is 4.80. The molecule has 1 aromatic rings. The first kappa shape index (κ1) is 14.2. The number of ether oxygens (including phenoxy) is 2. The molecule has 1 aromatic carbocycles. The molecule has 0 amide bonds. The van der Waals surface area contributed by atoms with Crippen LogP contribution in [0.1, 0.15) is 32.3 Å². The van der Waals surface area contributed by atoms with E-state index in [1.165, 1.54) is 5.56 Å². The van der Waals surface area contributed by atoms with Crippen LogP contribution in [0, 0.1) is 11.8 Å². The van der Waals surface area contributed by atoms with Crippen LogP contribution in [0.4, 0.5) is 0 Å². The Kier molecular flexibility index (Phi) is 3.52. The summed E-state index contributed by atoms with van der Waals surface area (Å²) >= 11 is 0. The topological polar surface area (TPSA) is 30.8 Å². The van der Waals surface area contributed by atoms with Gasteiger partial charge in [-0.3, -0.25) is 0 Å². The first-order valence-corrected chi connectivity index (χ1v) is 7.55. The summed E-state index contributed by atoms with van der Waals surface area (Å²) < 4.78 is 11.5. The third-order valence-electron chi connectivity index (χ3n) is 4.41. The molecule has 2 aliphatic rings. The molecule has 0 bridgehead atoms. The van der Waals surface area contributed by atoms with Gasteiger partial charge in [-0.2, -0.15) is 0 Å². The zero-order valence-electron chi connectivity index (χ0n) is 13.2. The van der Waals surface area contributed by atoms with Crippen LogP contribution in [0.2, 0.25) is 0 Å². The number of allylic oxidation sites excluding steroid dienone is 2. The quantitative estimate of drug-likeness (QED) is 0.846. The molecule has 3 heteroatoms. The van der Waals surface area contributed by atoms with Crippen molar-refractivity contribution in [1.29, 1.82) is 0 Å². The lowest BCUT2D eigenvalue weighted by Crippen LogP contribution is -2.24. The molecule has 0 N–H and O–H groups in total. The summed E-state index contributed by atoms with van der Waals surface area (Å²) in [6.07, 6.45) is 2.22. The molecule has 0 saturated carbocycles. The van der Waals surface area contributed by atoms with Gasteiger partial charge >= 0.3 is 0 Å². The number of benzene rings is 1. The van der Waals surface area contributed by atoms with E-state index in [4.69, 9.17) is 14.5 Å². The maximum Gasteiger partial charge on any atom is 0.188 e. The van der Waals surface area contributed by atoms with E-state index in [1.54, 1.807) is 7.11 Å². The molecule has 1 heterocycles. The maximum atomic E-state index is 5.93. The molecule has 21 heavy (non-hydrogen) atoms. The van der Waals surface area contributed by atoms with Gasteiger partial charge in [0.2, 0.25) is 0 Å². The molecule has 3 nitrogen and oxygen atoms in total. The van der Waals surface area contributed by atoms with Crippen LogP contribution in [0.25, 0.3) is 0 Å². The zero-order chi connectivity index (χ0) is 15.0. The minimum atomic E-state index is -0.119. The normalized spacial score (nSPS) is 30.6. The van der Waals surface area contributed by atoms with Gasteiger partial charge in [-0.15, -0.1) is 0 Å². The fraction of sp³-hybridized carbons (Fsp3) is 0.500. The number of hydrogen-bond donors (Lipinski definition) is 0. The predicted molar refractivity (Wildman–Crippen MR) is 84.4 cm³/mol. The molecule has 0 saturated heterocycles. The van der Waals surface area contributed by atoms with E-state index in [0.717, 1.165) is 11.7 Å². The standard InChI is InChI=1S/C18H23NO2/c1-12-15(20-4)10-14(13-8-6-5-7-9-13)16(12)17-19-18(2,3)11-21-17/h5-10,12,14,16H,11H2,1-4H3/t12-,14+,16+/m1/s1.